The molecule has 3 aromatic rings. The van der Waals surface area contributed by atoms with Crippen LogP contribution in [0.1, 0.15) is 67.7 Å². The van der Waals surface area contributed by atoms with Gasteiger partial charge in [0.1, 0.15) is 0 Å². The summed E-state index contributed by atoms with van der Waals surface area (Å²) in [5, 5.41) is 17.0. The van der Waals surface area contributed by atoms with Crippen LogP contribution in [0.2, 0.25) is 0 Å². The molecule has 0 spiro atoms. The van der Waals surface area contributed by atoms with Gasteiger partial charge in [-0.3, -0.25) is 14.3 Å². The fraction of sp³-hybridized carbons (Fsp3) is 0.303. The lowest BCUT2D eigenvalue weighted by molar-refractivity contribution is -0.136. The molecule has 1 heterocycles. The van der Waals surface area contributed by atoms with E-state index in [1.54, 1.807) is 12.1 Å². The third-order valence-corrected chi connectivity index (χ3v) is 7.01. The van der Waals surface area contributed by atoms with E-state index in [0.717, 1.165) is 33.7 Å². The van der Waals surface area contributed by atoms with Crippen LogP contribution in [-0.2, 0) is 11.3 Å². The Labute approximate surface area is 251 Å². The van der Waals surface area contributed by atoms with Gasteiger partial charge in [-0.05, 0) is 71.4 Å². The van der Waals surface area contributed by atoms with E-state index < -0.39 is 10.8 Å². The Balaban J connectivity index is 1.63. The lowest BCUT2D eigenvalue weighted by atomic mass is 9.92. The summed E-state index contributed by atoms with van der Waals surface area (Å²) in [6.07, 6.45) is 8.57. The Kier molecular flexibility index (Phi) is 9.25. The van der Waals surface area contributed by atoms with Crippen molar-refractivity contribution < 1.29 is 14.7 Å². The second kappa shape index (κ2) is 12.5. The molecule has 0 saturated carbocycles. The van der Waals surface area contributed by atoms with Crippen LogP contribution >= 0.6 is 23.2 Å². The van der Waals surface area contributed by atoms with Crippen molar-refractivity contribution in [3.8, 4) is 11.3 Å². The van der Waals surface area contributed by atoms with Crippen molar-refractivity contribution in [1.82, 2.24) is 15.1 Å². The maximum absolute atomic E-state index is 12.4. The molecule has 0 fully saturated rings. The van der Waals surface area contributed by atoms with Crippen LogP contribution in [0.25, 0.3) is 22.9 Å². The van der Waals surface area contributed by atoms with Gasteiger partial charge >= 0.3 is 5.97 Å². The molecule has 8 heteroatoms. The minimum absolute atomic E-state index is 0.0799. The highest BCUT2D eigenvalue weighted by molar-refractivity contribution is 6.34. The Morgan fingerprint density at radius 3 is 2.41 bits per heavy atom. The maximum atomic E-state index is 12.4. The number of carbonyl (C=O) groups excluding carboxylic acids is 1. The Morgan fingerprint density at radius 2 is 1.80 bits per heavy atom. The molecule has 214 valence electrons. The lowest BCUT2D eigenvalue weighted by Crippen LogP contribution is -2.25. The molecule has 6 nitrogen and oxygen atoms in total. The highest BCUT2D eigenvalue weighted by Gasteiger charge is 2.27. The Morgan fingerprint density at radius 1 is 1.12 bits per heavy atom. The normalized spacial score (nSPS) is 17.3. The molecule has 1 aliphatic rings. The van der Waals surface area contributed by atoms with Crippen molar-refractivity contribution in [2.75, 3.05) is 6.54 Å². The molecule has 0 bridgehead atoms. The smallest absolute Gasteiger partial charge is 0.305 e. The molecule has 4 rings (SSSR count). The predicted octanol–water partition coefficient (Wildman–Crippen LogP) is 7.77. The number of amides is 1. The molecule has 0 saturated heterocycles. The van der Waals surface area contributed by atoms with Crippen LogP contribution in [0.3, 0.4) is 0 Å². The molecule has 2 aromatic carbocycles. The fourth-order valence-electron chi connectivity index (χ4n) is 4.49. The number of rotatable bonds is 9. The number of nitrogens with zero attached hydrogens (tertiary/aromatic N) is 2. The fourth-order valence-corrected chi connectivity index (χ4v) is 5.18. The highest BCUT2D eigenvalue weighted by atomic mass is 35.5. The first-order valence-electron chi connectivity index (χ1n) is 13.5. The first-order valence-corrected chi connectivity index (χ1v) is 14.3. The molecule has 2 N–H and O–H groups in total. The van der Waals surface area contributed by atoms with Crippen LogP contribution in [-0.4, -0.2) is 38.2 Å². The van der Waals surface area contributed by atoms with Crippen molar-refractivity contribution >= 4 is 46.7 Å². The van der Waals surface area contributed by atoms with Gasteiger partial charge in [-0.25, -0.2) is 0 Å². The van der Waals surface area contributed by atoms with E-state index in [1.165, 1.54) is 0 Å². The molecule has 1 aromatic heterocycles. The van der Waals surface area contributed by atoms with E-state index in [4.69, 9.17) is 33.4 Å². The number of hydrogen-bond donors (Lipinski definition) is 2. The highest BCUT2D eigenvalue weighted by Crippen LogP contribution is 2.38. The molecule has 1 amide bonds. The number of carbonyl (C=O) groups is 2. The average molecular weight is 593 g/mol. The third-order valence-electron chi connectivity index (χ3n) is 6.55. The molecule has 0 aliphatic heterocycles. The number of benzene rings is 2. The van der Waals surface area contributed by atoms with Crippen molar-refractivity contribution in [3.63, 3.8) is 0 Å². The number of allylic oxidation sites excluding steroid dienone is 5. The van der Waals surface area contributed by atoms with Gasteiger partial charge in [0.2, 0.25) is 0 Å². The summed E-state index contributed by atoms with van der Waals surface area (Å²) < 4.78 is 1.95. The van der Waals surface area contributed by atoms with Gasteiger partial charge in [0.05, 0.1) is 29.2 Å². The first kappa shape index (κ1) is 30.4. The van der Waals surface area contributed by atoms with Gasteiger partial charge < -0.3 is 10.4 Å². The van der Waals surface area contributed by atoms with Gasteiger partial charge in [0.15, 0.2) is 0 Å². The summed E-state index contributed by atoms with van der Waals surface area (Å²) >= 11 is 13.1. The number of alkyl halides is 1. The van der Waals surface area contributed by atoms with Crippen LogP contribution in [0, 0.1) is 5.41 Å². The largest absolute Gasteiger partial charge is 0.481 e. The van der Waals surface area contributed by atoms with Gasteiger partial charge in [0.25, 0.3) is 5.91 Å². The number of aliphatic carboxylic acids is 1. The van der Waals surface area contributed by atoms with Crippen LogP contribution in [0.5, 0.6) is 0 Å². The topological polar surface area (TPSA) is 84.2 Å². The van der Waals surface area contributed by atoms with Crippen LogP contribution in [0.4, 0.5) is 0 Å². The predicted molar refractivity (Wildman–Crippen MR) is 167 cm³/mol. The quantitative estimate of drug-likeness (QED) is 0.249. The second-order valence-electron chi connectivity index (χ2n) is 11.6. The van der Waals surface area contributed by atoms with E-state index in [-0.39, 0.29) is 24.3 Å². The molecule has 1 atom stereocenters. The number of nitrogens with one attached hydrogen (secondary N) is 1. The molecule has 1 aliphatic carbocycles. The van der Waals surface area contributed by atoms with E-state index >= 15 is 0 Å². The Bertz CT molecular complexity index is 1510. The van der Waals surface area contributed by atoms with E-state index in [1.807, 2.05) is 35.9 Å². The minimum atomic E-state index is -0.955. The van der Waals surface area contributed by atoms with E-state index in [9.17, 15) is 9.59 Å². The number of halogens is 2. The first-order chi connectivity index (χ1) is 19.3. The van der Waals surface area contributed by atoms with Crippen LogP contribution < -0.4 is 5.32 Å². The molecular formula is C33H35Cl2N3O3. The summed E-state index contributed by atoms with van der Waals surface area (Å²) in [5.74, 6) is -1.26. The van der Waals surface area contributed by atoms with E-state index in [0.29, 0.717) is 23.6 Å². The molecular weight excluding hydrogens is 557 g/mol. The zero-order valence-corrected chi connectivity index (χ0v) is 25.3. The lowest BCUT2D eigenvalue weighted by Gasteiger charge is -2.23. The monoisotopic (exact) mass is 591 g/mol. The van der Waals surface area contributed by atoms with Crippen LogP contribution in [0.15, 0.2) is 77.9 Å². The van der Waals surface area contributed by atoms with Gasteiger partial charge in [-0.2, -0.15) is 5.10 Å². The van der Waals surface area contributed by atoms with Crippen molar-refractivity contribution in [1.29, 1.82) is 0 Å². The number of hydrogen-bond acceptors (Lipinski definition) is 3. The maximum Gasteiger partial charge on any atom is 0.305 e. The molecule has 41 heavy (non-hydrogen) atoms. The van der Waals surface area contributed by atoms with E-state index in [2.05, 4.69) is 68.6 Å². The summed E-state index contributed by atoms with van der Waals surface area (Å²) in [4.78, 5) is 22.5. The average Bonchev–Trinajstić information content (AvgIpc) is 3.30. The van der Waals surface area contributed by atoms with Gasteiger partial charge in [-0.15, -0.1) is 11.6 Å². The SMILES string of the molecule is CC(C)(C)/C=C/c1ccc(-c2cc(C3=CC(Cl)=CC(C)(Cl)C3)nn2Cc2ccc(C(=O)NCCC(=O)O)cc2)cc1. The summed E-state index contributed by atoms with van der Waals surface area (Å²) in [5.41, 5.74) is 6.40. The minimum Gasteiger partial charge on any atom is -0.481 e. The molecule has 1 unspecified atom stereocenters. The Hall–Kier alpha value is -3.61. The zero-order valence-electron chi connectivity index (χ0n) is 23.7. The molecule has 0 radical (unpaired) electrons. The van der Waals surface area contributed by atoms with Gasteiger partial charge in [-0.1, -0.05) is 80.9 Å². The van der Waals surface area contributed by atoms with Gasteiger partial charge in [0, 0.05) is 17.1 Å². The van der Waals surface area contributed by atoms with Crippen molar-refractivity contribution in [2.45, 2.75) is 52.0 Å². The zero-order chi connectivity index (χ0) is 29.8. The summed E-state index contributed by atoms with van der Waals surface area (Å²) in [6.45, 7) is 9.01. The second-order valence-corrected chi connectivity index (χ2v) is 12.9. The summed E-state index contributed by atoms with van der Waals surface area (Å²) in [7, 11) is 0. The number of carboxylic acids is 1. The standard InChI is InChI=1S/C33H35Cl2N3O3/c1-32(2,3)15-13-22-5-9-24(10-6-22)29-18-28(26-17-27(34)20-33(4,35)19-26)37-38(29)21-23-7-11-25(12-8-23)31(41)36-16-14-30(39)40/h5-13,15,17-18,20H,14,16,19,21H2,1-4H3,(H,36,41)(H,39,40)/b15-13+. The van der Waals surface area contributed by atoms with Crippen molar-refractivity contribution in [2.24, 2.45) is 5.41 Å². The third kappa shape index (κ3) is 8.69. The van der Waals surface area contributed by atoms with Crippen molar-refractivity contribution in [3.05, 3.63) is 100 Å². The number of aromatic nitrogens is 2. The number of carboxylic acid groups (broad SMARTS) is 1. The summed E-state index contributed by atoms with van der Waals surface area (Å²) in [6, 6.07) is 17.7.